The summed E-state index contributed by atoms with van der Waals surface area (Å²) in [6.45, 7) is 6.02. The molecule has 0 aliphatic carbocycles. The van der Waals surface area contributed by atoms with E-state index in [1.165, 1.54) is 29.5 Å². The van der Waals surface area contributed by atoms with Crippen LogP contribution in [0.15, 0.2) is 48.5 Å². The summed E-state index contributed by atoms with van der Waals surface area (Å²) in [7, 11) is 1.87. The number of carbonyl (C=O) groups is 1. The molecule has 1 heterocycles. The van der Waals surface area contributed by atoms with Gasteiger partial charge in [-0.05, 0) is 48.6 Å². The van der Waals surface area contributed by atoms with Crippen molar-refractivity contribution < 1.29 is 4.79 Å². The molecule has 2 amide bonds. The molecule has 1 N–H and O–H groups in total. The van der Waals surface area contributed by atoms with Gasteiger partial charge in [-0.15, -0.1) is 0 Å². The van der Waals surface area contributed by atoms with Crippen LogP contribution in [0.5, 0.6) is 0 Å². The van der Waals surface area contributed by atoms with Crippen molar-refractivity contribution in [1.82, 2.24) is 9.80 Å². The van der Waals surface area contributed by atoms with Crippen molar-refractivity contribution in [3.63, 3.8) is 0 Å². The highest BCUT2D eigenvalue weighted by Crippen LogP contribution is 2.29. The molecule has 0 atom stereocenters. The second-order valence-electron chi connectivity index (χ2n) is 7.45. The number of hydrogen-bond acceptors (Lipinski definition) is 2. The molecule has 0 fully saturated rings. The van der Waals surface area contributed by atoms with Crippen LogP contribution in [-0.4, -0.2) is 36.0 Å². The Hall–Kier alpha value is -2.33. The average Bonchev–Trinajstić information content (AvgIpc) is 3.11. The first-order chi connectivity index (χ1) is 13.2. The minimum atomic E-state index is -0.0246. The van der Waals surface area contributed by atoms with E-state index < -0.39 is 0 Å². The van der Waals surface area contributed by atoms with Gasteiger partial charge in [0.1, 0.15) is 0 Å². The molecule has 4 nitrogen and oxygen atoms in total. The number of unbranched alkanes of at least 4 members (excludes halogenated alkanes) is 1. The molecule has 0 bridgehead atoms. The predicted octanol–water partition coefficient (Wildman–Crippen LogP) is 4.90. The highest BCUT2D eigenvalue weighted by molar-refractivity contribution is 5.90. The maximum Gasteiger partial charge on any atom is 0.321 e. The van der Waals surface area contributed by atoms with Crippen LogP contribution < -0.4 is 5.32 Å². The van der Waals surface area contributed by atoms with Crippen LogP contribution in [-0.2, 0) is 19.5 Å². The van der Waals surface area contributed by atoms with E-state index in [0.29, 0.717) is 0 Å². The van der Waals surface area contributed by atoms with E-state index in [1.54, 1.807) is 4.90 Å². The van der Waals surface area contributed by atoms with E-state index in [-0.39, 0.29) is 6.03 Å². The lowest BCUT2D eigenvalue weighted by atomic mass is 10.1. The van der Waals surface area contributed by atoms with E-state index in [1.807, 2.05) is 25.2 Å². The van der Waals surface area contributed by atoms with Crippen LogP contribution in [0.25, 0.3) is 0 Å². The maximum absolute atomic E-state index is 12.6. The summed E-state index contributed by atoms with van der Waals surface area (Å²) in [6, 6.07) is 16.7. The Bertz CT molecular complexity index is 745. The number of urea groups is 1. The molecule has 4 heteroatoms. The fraction of sp³-hybridized carbons (Fsp3) is 0.435. The Balaban J connectivity index is 1.52. The molecule has 144 valence electrons. The maximum atomic E-state index is 12.6. The van der Waals surface area contributed by atoms with Crippen molar-refractivity contribution in [3.8, 4) is 0 Å². The smallest absolute Gasteiger partial charge is 0.321 e. The first-order valence-electron chi connectivity index (χ1n) is 10.1. The van der Waals surface area contributed by atoms with Crippen molar-refractivity contribution in [2.45, 2.75) is 45.7 Å². The molecule has 0 unspecified atom stereocenters. The van der Waals surface area contributed by atoms with Gasteiger partial charge in [-0.1, -0.05) is 55.8 Å². The van der Waals surface area contributed by atoms with Gasteiger partial charge >= 0.3 is 6.03 Å². The summed E-state index contributed by atoms with van der Waals surface area (Å²) in [5, 5.41) is 3.13. The summed E-state index contributed by atoms with van der Waals surface area (Å²) in [4.78, 5) is 16.9. The Labute approximate surface area is 163 Å². The summed E-state index contributed by atoms with van der Waals surface area (Å²) in [5.74, 6) is 0. The number of nitrogens with zero attached hydrogens (tertiary/aromatic N) is 2. The van der Waals surface area contributed by atoms with Gasteiger partial charge < -0.3 is 10.2 Å². The number of fused-ring (bicyclic) bond motifs is 1. The van der Waals surface area contributed by atoms with Crippen molar-refractivity contribution in [2.75, 3.05) is 25.5 Å². The van der Waals surface area contributed by atoms with Crippen molar-refractivity contribution in [2.24, 2.45) is 0 Å². The first kappa shape index (κ1) is 19.4. The zero-order valence-electron chi connectivity index (χ0n) is 16.6. The number of carbonyl (C=O) groups excluding carboxylic acids is 1. The van der Waals surface area contributed by atoms with Gasteiger partial charge in [0.15, 0.2) is 0 Å². The molecule has 0 radical (unpaired) electrons. The zero-order valence-corrected chi connectivity index (χ0v) is 16.6. The third-order valence-corrected chi connectivity index (χ3v) is 5.27. The van der Waals surface area contributed by atoms with Gasteiger partial charge in [-0.2, -0.15) is 0 Å². The molecule has 1 aliphatic heterocycles. The SMILES string of the molecule is CCCCN1Cc2cccc(NC(=O)N(C)CCCc3ccccc3)c2C1. The van der Waals surface area contributed by atoms with Gasteiger partial charge in [0.25, 0.3) is 0 Å². The number of amides is 2. The van der Waals surface area contributed by atoms with Crippen LogP contribution in [0.2, 0.25) is 0 Å². The molecular weight excluding hydrogens is 334 g/mol. The molecule has 0 aromatic heterocycles. The Morgan fingerprint density at radius 1 is 1.07 bits per heavy atom. The average molecular weight is 366 g/mol. The van der Waals surface area contributed by atoms with Gasteiger partial charge in [0.2, 0.25) is 0 Å². The van der Waals surface area contributed by atoms with Crippen LogP contribution in [0.1, 0.15) is 42.9 Å². The summed E-state index contributed by atoms with van der Waals surface area (Å²) < 4.78 is 0. The fourth-order valence-electron chi connectivity index (χ4n) is 3.62. The van der Waals surface area contributed by atoms with E-state index in [4.69, 9.17) is 0 Å². The van der Waals surface area contributed by atoms with Crippen LogP contribution in [0, 0.1) is 0 Å². The number of anilines is 1. The summed E-state index contributed by atoms with van der Waals surface area (Å²) >= 11 is 0. The lowest BCUT2D eigenvalue weighted by Gasteiger charge is -2.19. The quantitative estimate of drug-likeness (QED) is 0.722. The minimum absolute atomic E-state index is 0.0246. The third kappa shape index (κ3) is 5.33. The fourth-order valence-corrected chi connectivity index (χ4v) is 3.62. The molecular formula is C23H31N3O. The third-order valence-electron chi connectivity index (χ3n) is 5.27. The van der Waals surface area contributed by atoms with Crippen molar-refractivity contribution in [1.29, 1.82) is 0 Å². The molecule has 27 heavy (non-hydrogen) atoms. The molecule has 0 saturated carbocycles. The largest absolute Gasteiger partial charge is 0.328 e. The van der Waals surface area contributed by atoms with Gasteiger partial charge in [0, 0.05) is 32.4 Å². The van der Waals surface area contributed by atoms with E-state index in [0.717, 1.165) is 44.7 Å². The first-order valence-corrected chi connectivity index (χ1v) is 10.1. The van der Waals surface area contributed by atoms with E-state index in [9.17, 15) is 4.79 Å². The standard InChI is InChI=1S/C23H31N3O/c1-3-4-16-26-17-20-13-8-14-22(21(20)18-26)24-23(27)25(2)15-9-12-19-10-6-5-7-11-19/h5-8,10-11,13-14H,3-4,9,12,15-18H2,1-2H3,(H,24,27). The second kappa shape index (κ2) is 9.56. The summed E-state index contributed by atoms with van der Waals surface area (Å²) in [5.41, 5.74) is 4.90. The highest BCUT2D eigenvalue weighted by atomic mass is 16.2. The van der Waals surface area contributed by atoms with Gasteiger partial charge in [-0.25, -0.2) is 4.79 Å². The minimum Gasteiger partial charge on any atom is -0.328 e. The van der Waals surface area contributed by atoms with E-state index >= 15 is 0 Å². The highest BCUT2D eigenvalue weighted by Gasteiger charge is 2.22. The number of aryl methyl sites for hydroxylation is 1. The topological polar surface area (TPSA) is 35.6 Å². The molecule has 2 aromatic rings. The number of hydrogen-bond donors (Lipinski definition) is 1. The normalized spacial score (nSPS) is 13.4. The van der Waals surface area contributed by atoms with Crippen LogP contribution in [0.3, 0.4) is 0 Å². The number of rotatable bonds is 8. The van der Waals surface area contributed by atoms with Crippen molar-refractivity contribution >= 4 is 11.7 Å². The number of nitrogens with one attached hydrogen (secondary N) is 1. The Kier molecular flexibility index (Phi) is 6.88. The zero-order chi connectivity index (χ0) is 19.1. The molecule has 1 aliphatic rings. The van der Waals surface area contributed by atoms with Crippen molar-refractivity contribution in [3.05, 3.63) is 65.2 Å². The van der Waals surface area contributed by atoms with Gasteiger partial charge in [-0.3, -0.25) is 4.90 Å². The summed E-state index contributed by atoms with van der Waals surface area (Å²) in [6.07, 6.45) is 4.39. The van der Waals surface area contributed by atoms with E-state index in [2.05, 4.69) is 47.5 Å². The van der Waals surface area contributed by atoms with Gasteiger partial charge in [0.05, 0.1) is 0 Å². The predicted molar refractivity (Wildman–Crippen MR) is 112 cm³/mol. The lowest BCUT2D eigenvalue weighted by Crippen LogP contribution is -2.32. The monoisotopic (exact) mass is 365 g/mol. The molecule has 0 saturated heterocycles. The number of benzene rings is 2. The van der Waals surface area contributed by atoms with Crippen LogP contribution in [0.4, 0.5) is 10.5 Å². The second-order valence-corrected chi connectivity index (χ2v) is 7.45. The van der Waals surface area contributed by atoms with Crippen LogP contribution >= 0.6 is 0 Å². The Morgan fingerprint density at radius 2 is 1.89 bits per heavy atom. The Morgan fingerprint density at radius 3 is 2.67 bits per heavy atom. The lowest BCUT2D eigenvalue weighted by molar-refractivity contribution is 0.222. The molecule has 3 rings (SSSR count). The molecule has 0 spiro atoms. The molecule has 2 aromatic carbocycles.